The molecule has 0 radical (unpaired) electrons. The molecule has 0 bridgehead atoms. The summed E-state index contributed by atoms with van der Waals surface area (Å²) in [5.74, 6) is -4.78. The smallest absolute Gasteiger partial charge is 0.363 e. The Morgan fingerprint density at radius 3 is 2.59 bits per heavy atom. The summed E-state index contributed by atoms with van der Waals surface area (Å²) in [5, 5.41) is 17.5. The number of thiazole rings is 1. The lowest BCUT2D eigenvalue weighted by Gasteiger charge is -2.42. The molecule has 0 saturated carbocycles. The standard InChI is InChI=1S/C12H14N6O9S2/c1-14-10(22)8-7(11(23)18(8)29(24,25)26)16-9(21)6(17-27-2-5(19)20)4-3-28-12(13)15-4/h3,7-8H,2H2,1H3,(H2,13,15)(H,14,22)(H,16,21)(H,19,20)(H,24,25,26)/b17-6-. The molecule has 2 rings (SSSR count). The number of hydrogen-bond acceptors (Lipinski definition) is 11. The van der Waals surface area contributed by atoms with Crippen molar-refractivity contribution in [1.29, 1.82) is 0 Å². The summed E-state index contributed by atoms with van der Waals surface area (Å²) in [4.78, 5) is 55.3. The van der Waals surface area contributed by atoms with Crippen molar-refractivity contribution in [3.05, 3.63) is 11.1 Å². The number of β-lactam (4-membered cyclic amide) rings is 1. The van der Waals surface area contributed by atoms with Gasteiger partial charge in [-0.1, -0.05) is 5.16 Å². The number of hydrogen-bond donors (Lipinski definition) is 5. The second-order valence-corrected chi connectivity index (χ2v) is 7.48. The number of nitrogens with one attached hydrogen (secondary N) is 2. The fourth-order valence-electron chi connectivity index (χ4n) is 2.23. The van der Waals surface area contributed by atoms with E-state index in [-0.39, 0.29) is 15.1 Å². The van der Waals surface area contributed by atoms with E-state index in [0.29, 0.717) is 0 Å². The van der Waals surface area contributed by atoms with Crippen LogP contribution in [0.15, 0.2) is 10.5 Å². The van der Waals surface area contributed by atoms with Gasteiger partial charge < -0.3 is 26.3 Å². The van der Waals surface area contributed by atoms with Crippen LogP contribution in [0.1, 0.15) is 5.69 Å². The number of carboxylic acids is 1. The van der Waals surface area contributed by atoms with Crippen LogP contribution in [-0.2, 0) is 34.3 Å². The van der Waals surface area contributed by atoms with Crippen molar-refractivity contribution < 1.29 is 42.1 Å². The Bertz CT molecular complexity index is 988. The molecule has 29 heavy (non-hydrogen) atoms. The second kappa shape index (κ2) is 8.37. The Kier molecular flexibility index (Phi) is 6.34. The highest BCUT2D eigenvalue weighted by molar-refractivity contribution is 7.84. The first-order chi connectivity index (χ1) is 13.5. The maximum atomic E-state index is 12.5. The van der Waals surface area contributed by atoms with Crippen molar-refractivity contribution in [3.8, 4) is 0 Å². The molecule has 1 aromatic heterocycles. The summed E-state index contributed by atoms with van der Waals surface area (Å²) in [6, 6.07) is -3.42. The number of rotatable bonds is 8. The van der Waals surface area contributed by atoms with Crippen molar-refractivity contribution in [2.45, 2.75) is 12.1 Å². The molecule has 158 valence electrons. The van der Waals surface area contributed by atoms with E-state index in [1.807, 2.05) is 0 Å². The fourth-order valence-corrected chi connectivity index (χ4v) is 3.62. The average Bonchev–Trinajstić information content (AvgIpc) is 3.04. The lowest BCUT2D eigenvalue weighted by atomic mass is 9.97. The third-order valence-electron chi connectivity index (χ3n) is 3.43. The Morgan fingerprint density at radius 1 is 1.45 bits per heavy atom. The molecule has 15 nitrogen and oxygen atoms in total. The van der Waals surface area contributed by atoms with E-state index in [1.165, 1.54) is 5.38 Å². The highest BCUT2D eigenvalue weighted by Crippen LogP contribution is 2.24. The van der Waals surface area contributed by atoms with E-state index in [2.05, 4.69) is 25.6 Å². The van der Waals surface area contributed by atoms with Crippen LogP contribution in [0.4, 0.5) is 5.13 Å². The van der Waals surface area contributed by atoms with Gasteiger partial charge in [0, 0.05) is 12.4 Å². The minimum atomic E-state index is -5.06. The molecule has 2 heterocycles. The summed E-state index contributed by atoms with van der Waals surface area (Å²) in [6.07, 6.45) is 0. The van der Waals surface area contributed by atoms with Crippen LogP contribution in [0.3, 0.4) is 0 Å². The number of anilines is 1. The highest BCUT2D eigenvalue weighted by Gasteiger charge is 2.57. The third-order valence-corrected chi connectivity index (χ3v) is 5.00. The first-order valence-electron chi connectivity index (χ1n) is 7.43. The third kappa shape index (κ3) is 4.76. The van der Waals surface area contributed by atoms with Crippen LogP contribution in [0.2, 0.25) is 0 Å². The molecule has 0 aliphatic carbocycles. The van der Waals surface area contributed by atoms with Crippen LogP contribution >= 0.6 is 11.3 Å². The van der Waals surface area contributed by atoms with Crippen molar-refractivity contribution in [1.82, 2.24) is 19.9 Å². The fraction of sp³-hybridized carbons (Fsp3) is 0.333. The normalized spacial score (nSPS) is 19.3. The van der Waals surface area contributed by atoms with E-state index in [4.69, 9.17) is 15.4 Å². The SMILES string of the molecule is CNC(=O)C1C(NC(=O)/C(=N\OCC(=O)O)c2csc(N)n2)C(=O)N1S(=O)(=O)O. The van der Waals surface area contributed by atoms with E-state index in [9.17, 15) is 27.6 Å². The van der Waals surface area contributed by atoms with E-state index < -0.39 is 58.4 Å². The molecule has 6 N–H and O–H groups in total. The molecule has 2 atom stereocenters. The number of nitrogens with zero attached hydrogens (tertiary/aromatic N) is 3. The van der Waals surface area contributed by atoms with Gasteiger partial charge in [-0.05, 0) is 0 Å². The Labute approximate surface area is 166 Å². The maximum absolute atomic E-state index is 12.5. The lowest BCUT2D eigenvalue weighted by Crippen LogP contribution is -2.75. The Balaban J connectivity index is 2.28. The zero-order chi connectivity index (χ0) is 21.9. The van der Waals surface area contributed by atoms with Crippen molar-refractivity contribution in [3.63, 3.8) is 0 Å². The summed E-state index contributed by atoms with van der Waals surface area (Å²) in [6.45, 7) is -0.893. The number of carbonyl (C=O) groups is 4. The summed E-state index contributed by atoms with van der Waals surface area (Å²) in [5.41, 5.74) is 4.78. The number of aromatic nitrogens is 1. The molecular formula is C12H14N6O9S2. The predicted octanol–water partition coefficient (Wildman–Crippen LogP) is -3.22. The molecule has 2 unspecified atom stereocenters. The average molecular weight is 450 g/mol. The van der Waals surface area contributed by atoms with Gasteiger partial charge in [0.15, 0.2) is 16.9 Å². The predicted molar refractivity (Wildman–Crippen MR) is 94.8 cm³/mol. The van der Waals surface area contributed by atoms with Crippen molar-refractivity contribution in [2.24, 2.45) is 5.16 Å². The summed E-state index contributed by atoms with van der Waals surface area (Å²) < 4.78 is 31.6. The van der Waals surface area contributed by atoms with E-state index >= 15 is 0 Å². The van der Waals surface area contributed by atoms with Gasteiger partial charge >= 0.3 is 16.3 Å². The van der Waals surface area contributed by atoms with E-state index in [1.54, 1.807) is 0 Å². The van der Waals surface area contributed by atoms with Gasteiger partial charge in [0.2, 0.25) is 12.5 Å². The first kappa shape index (κ1) is 22.0. The van der Waals surface area contributed by atoms with Crippen LogP contribution in [-0.4, -0.2) is 82.5 Å². The largest absolute Gasteiger partial charge is 0.479 e. The van der Waals surface area contributed by atoms with Gasteiger partial charge in [0.25, 0.3) is 11.8 Å². The van der Waals surface area contributed by atoms with Crippen molar-refractivity contribution >= 4 is 56.2 Å². The molecule has 1 aromatic rings. The van der Waals surface area contributed by atoms with Crippen LogP contribution < -0.4 is 16.4 Å². The number of aliphatic carboxylic acids is 1. The molecule has 1 saturated heterocycles. The van der Waals surface area contributed by atoms with Gasteiger partial charge in [0.05, 0.1) is 0 Å². The molecule has 1 aliphatic rings. The van der Waals surface area contributed by atoms with Gasteiger partial charge in [-0.25, -0.2) is 9.78 Å². The summed E-state index contributed by atoms with van der Waals surface area (Å²) in [7, 11) is -3.91. The number of nitrogen functional groups attached to an aromatic ring is 1. The number of nitrogens with two attached hydrogens (primary N) is 1. The minimum absolute atomic E-state index is 0.0410. The number of carbonyl (C=O) groups excluding carboxylic acids is 3. The monoisotopic (exact) mass is 450 g/mol. The Morgan fingerprint density at radius 2 is 2.10 bits per heavy atom. The second-order valence-electron chi connectivity index (χ2n) is 5.30. The topological polar surface area (TPSA) is 231 Å². The van der Waals surface area contributed by atoms with Gasteiger partial charge in [-0.2, -0.15) is 12.7 Å². The number of amides is 3. The quantitative estimate of drug-likeness (QED) is 0.114. The molecular weight excluding hydrogens is 436 g/mol. The number of oxime groups is 1. The number of likely N-dealkylation sites (N-methyl/N-ethyl adjacent to an activating group) is 1. The Hall–Kier alpha value is -3.31. The maximum Gasteiger partial charge on any atom is 0.363 e. The van der Waals surface area contributed by atoms with Crippen LogP contribution in [0, 0.1) is 0 Å². The van der Waals surface area contributed by atoms with Gasteiger partial charge in [-0.15, -0.1) is 11.3 Å². The zero-order valence-electron chi connectivity index (χ0n) is 14.4. The zero-order valence-corrected chi connectivity index (χ0v) is 16.1. The van der Waals surface area contributed by atoms with Gasteiger partial charge in [-0.3, -0.25) is 18.9 Å². The summed E-state index contributed by atoms with van der Waals surface area (Å²) >= 11 is 0.924. The molecule has 0 aromatic carbocycles. The molecule has 1 aliphatic heterocycles. The molecule has 3 amide bonds. The highest BCUT2D eigenvalue weighted by atomic mass is 32.2. The van der Waals surface area contributed by atoms with E-state index in [0.717, 1.165) is 18.4 Å². The van der Waals surface area contributed by atoms with Crippen molar-refractivity contribution in [2.75, 3.05) is 19.4 Å². The molecule has 17 heteroatoms. The van der Waals surface area contributed by atoms with Gasteiger partial charge in [0.1, 0.15) is 11.7 Å². The molecule has 1 fully saturated rings. The minimum Gasteiger partial charge on any atom is -0.479 e. The first-order valence-corrected chi connectivity index (χ1v) is 9.71. The number of carboxylic acid groups (broad SMARTS) is 1. The molecule has 0 spiro atoms. The van der Waals surface area contributed by atoms with Crippen LogP contribution in [0.25, 0.3) is 0 Å². The van der Waals surface area contributed by atoms with Crippen LogP contribution in [0.5, 0.6) is 0 Å². The lowest BCUT2D eigenvalue weighted by molar-refractivity contribution is -0.151.